The minimum Gasteiger partial charge on any atom is -0.494 e. The Balaban J connectivity index is 1.52. The first-order chi connectivity index (χ1) is 13.9. The minimum atomic E-state index is -3.76. The van der Waals surface area contributed by atoms with Gasteiger partial charge >= 0.3 is 0 Å². The van der Waals surface area contributed by atoms with Gasteiger partial charge < -0.3 is 9.64 Å². The fourth-order valence-electron chi connectivity index (χ4n) is 3.31. The van der Waals surface area contributed by atoms with Gasteiger partial charge in [-0.1, -0.05) is 24.3 Å². The molecule has 1 aliphatic heterocycles. The first-order valence-corrected chi connectivity index (χ1v) is 11.0. The molecule has 29 heavy (non-hydrogen) atoms. The Morgan fingerprint density at radius 1 is 1.07 bits per heavy atom. The number of ether oxygens (including phenoxy) is 1. The molecule has 0 aromatic heterocycles. The fraction of sp³-hybridized carbons (Fsp3) is 0.400. The summed E-state index contributed by atoms with van der Waals surface area (Å²) in [5.41, 5.74) is 0.294. The first-order valence-electron chi connectivity index (χ1n) is 9.53. The van der Waals surface area contributed by atoms with Crippen LogP contribution in [0, 0.1) is 17.0 Å². The number of rotatable bonds is 8. The summed E-state index contributed by atoms with van der Waals surface area (Å²) in [6, 6.07) is 13.6. The summed E-state index contributed by atoms with van der Waals surface area (Å²) in [6.07, 6.45) is 0.853. The van der Waals surface area contributed by atoms with Gasteiger partial charge in [0.1, 0.15) is 5.75 Å². The Hall–Kier alpha value is -2.49. The van der Waals surface area contributed by atoms with Crippen LogP contribution in [0.5, 0.6) is 5.75 Å². The van der Waals surface area contributed by atoms with Gasteiger partial charge in [0.2, 0.25) is 10.0 Å². The second-order valence-corrected chi connectivity index (χ2v) is 8.87. The number of hydrogen-bond acceptors (Lipinski definition) is 6. The van der Waals surface area contributed by atoms with E-state index >= 15 is 0 Å². The van der Waals surface area contributed by atoms with Gasteiger partial charge in [-0.2, -0.15) is 4.31 Å². The maximum Gasteiger partial charge on any atom is 0.270 e. The van der Waals surface area contributed by atoms with Crippen molar-refractivity contribution >= 4 is 15.7 Å². The van der Waals surface area contributed by atoms with Gasteiger partial charge in [0.25, 0.3) is 5.69 Å². The number of nitrogens with zero attached hydrogens (tertiary/aromatic N) is 3. The molecule has 0 radical (unpaired) electrons. The van der Waals surface area contributed by atoms with Gasteiger partial charge in [-0.3, -0.25) is 10.1 Å². The second-order valence-electron chi connectivity index (χ2n) is 6.97. The number of piperazine rings is 1. The number of aryl methyl sites for hydroxylation is 1. The van der Waals surface area contributed by atoms with E-state index in [0.717, 1.165) is 24.8 Å². The van der Waals surface area contributed by atoms with Crippen molar-refractivity contribution in [1.82, 2.24) is 9.21 Å². The lowest BCUT2D eigenvalue weighted by molar-refractivity contribution is -0.385. The molecule has 0 amide bonds. The standard InChI is InChI=1S/C20H25N3O5S/c1-17-8-9-18(23(24)25)16-20(17)29(26,27)22-13-11-21(12-14-22)10-5-15-28-19-6-3-2-4-7-19/h2-4,6-9,16H,5,10-15H2,1H3. The van der Waals surface area contributed by atoms with Crippen LogP contribution in [0.25, 0.3) is 0 Å². The smallest absolute Gasteiger partial charge is 0.270 e. The topological polar surface area (TPSA) is 93.0 Å². The fourth-order valence-corrected chi connectivity index (χ4v) is 4.97. The number of benzene rings is 2. The number of non-ortho nitro benzene ring substituents is 1. The van der Waals surface area contributed by atoms with Crippen molar-refractivity contribution in [2.24, 2.45) is 0 Å². The average molecular weight is 420 g/mol. The molecule has 2 aromatic carbocycles. The number of nitro benzene ring substituents is 1. The molecule has 1 heterocycles. The van der Waals surface area contributed by atoms with Crippen molar-refractivity contribution in [2.75, 3.05) is 39.3 Å². The highest BCUT2D eigenvalue weighted by atomic mass is 32.2. The molecule has 1 fully saturated rings. The van der Waals surface area contributed by atoms with Crippen LogP contribution in [0.15, 0.2) is 53.4 Å². The molecule has 0 aliphatic carbocycles. The van der Waals surface area contributed by atoms with E-state index in [-0.39, 0.29) is 10.6 Å². The van der Waals surface area contributed by atoms with Gasteiger partial charge in [0.15, 0.2) is 0 Å². The lowest BCUT2D eigenvalue weighted by Crippen LogP contribution is -2.49. The van der Waals surface area contributed by atoms with Crippen LogP contribution in [-0.2, 0) is 10.0 Å². The highest BCUT2D eigenvalue weighted by Gasteiger charge is 2.30. The van der Waals surface area contributed by atoms with Crippen LogP contribution in [0.2, 0.25) is 0 Å². The molecule has 1 aliphatic rings. The zero-order valence-corrected chi connectivity index (χ0v) is 17.2. The van der Waals surface area contributed by atoms with Gasteiger partial charge in [-0.05, 0) is 31.0 Å². The van der Waals surface area contributed by atoms with Crippen LogP contribution in [0.1, 0.15) is 12.0 Å². The summed E-state index contributed by atoms with van der Waals surface area (Å²) in [4.78, 5) is 12.7. The van der Waals surface area contributed by atoms with Crippen molar-refractivity contribution in [3.63, 3.8) is 0 Å². The molecule has 0 unspecified atom stereocenters. The Morgan fingerprint density at radius 3 is 2.41 bits per heavy atom. The van der Waals surface area contributed by atoms with E-state index in [9.17, 15) is 18.5 Å². The predicted octanol–water partition coefficient (Wildman–Crippen LogP) is 2.68. The predicted molar refractivity (Wildman–Crippen MR) is 110 cm³/mol. The van der Waals surface area contributed by atoms with E-state index in [4.69, 9.17) is 4.74 Å². The van der Waals surface area contributed by atoms with Crippen LogP contribution >= 0.6 is 0 Å². The van der Waals surface area contributed by atoms with Crippen molar-refractivity contribution in [1.29, 1.82) is 0 Å². The summed E-state index contributed by atoms with van der Waals surface area (Å²) < 4.78 is 33.0. The summed E-state index contributed by atoms with van der Waals surface area (Å²) in [5.74, 6) is 0.843. The maximum absolute atomic E-state index is 13.0. The molecule has 0 spiro atoms. The van der Waals surface area contributed by atoms with Gasteiger partial charge in [0.05, 0.1) is 16.4 Å². The SMILES string of the molecule is Cc1ccc([N+](=O)[O-])cc1S(=O)(=O)N1CCN(CCCOc2ccccc2)CC1. The van der Waals surface area contributed by atoms with E-state index in [1.165, 1.54) is 16.4 Å². The van der Waals surface area contributed by atoms with E-state index in [1.54, 1.807) is 6.92 Å². The normalized spacial score (nSPS) is 15.9. The molecule has 2 aromatic rings. The first kappa shape index (κ1) is 21.2. The Kier molecular flexibility index (Phi) is 6.83. The summed E-state index contributed by atoms with van der Waals surface area (Å²) in [6.45, 7) is 5.07. The van der Waals surface area contributed by atoms with Gasteiger partial charge in [-0.25, -0.2) is 8.42 Å². The van der Waals surface area contributed by atoms with Crippen molar-refractivity contribution in [3.05, 3.63) is 64.2 Å². The number of nitro groups is 1. The molecule has 8 nitrogen and oxygen atoms in total. The third-order valence-corrected chi connectivity index (χ3v) is 7.00. The zero-order valence-electron chi connectivity index (χ0n) is 16.4. The summed E-state index contributed by atoms with van der Waals surface area (Å²) in [5, 5.41) is 11.0. The van der Waals surface area contributed by atoms with E-state index < -0.39 is 14.9 Å². The van der Waals surface area contributed by atoms with E-state index in [2.05, 4.69) is 4.90 Å². The molecule has 0 bridgehead atoms. The van der Waals surface area contributed by atoms with Crippen LogP contribution in [0.4, 0.5) is 5.69 Å². The van der Waals surface area contributed by atoms with E-state index in [0.29, 0.717) is 38.3 Å². The highest BCUT2D eigenvalue weighted by molar-refractivity contribution is 7.89. The third kappa shape index (κ3) is 5.31. The van der Waals surface area contributed by atoms with Crippen LogP contribution in [-0.4, -0.2) is 61.9 Å². The van der Waals surface area contributed by atoms with E-state index in [1.807, 2.05) is 30.3 Å². The lowest BCUT2D eigenvalue weighted by Gasteiger charge is -2.34. The molecule has 0 saturated carbocycles. The number of sulfonamides is 1. The highest BCUT2D eigenvalue weighted by Crippen LogP contribution is 2.25. The number of hydrogen-bond donors (Lipinski definition) is 0. The molecule has 3 rings (SSSR count). The second kappa shape index (κ2) is 9.34. The zero-order chi connectivity index (χ0) is 20.9. The molecule has 9 heteroatoms. The van der Waals surface area contributed by atoms with Gasteiger partial charge in [-0.15, -0.1) is 0 Å². The lowest BCUT2D eigenvalue weighted by atomic mass is 10.2. The molecule has 1 saturated heterocycles. The molecule has 0 N–H and O–H groups in total. The average Bonchev–Trinajstić information content (AvgIpc) is 2.72. The minimum absolute atomic E-state index is 0.0106. The van der Waals surface area contributed by atoms with Gasteiger partial charge in [0, 0.05) is 44.9 Å². The number of para-hydroxylation sites is 1. The van der Waals surface area contributed by atoms with Crippen molar-refractivity contribution in [3.8, 4) is 5.75 Å². The molecule has 0 atom stereocenters. The summed E-state index contributed by atoms with van der Waals surface area (Å²) in [7, 11) is -3.76. The Morgan fingerprint density at radius 2 is 1.76 bits per heavy atom. The van der Waals surface area contributed by atoms with Crippen molar-refractivity contribution < 1.29 is 18.1 Å². The Bertz CT molecular complexity index is 942. The van der Waals surface area contributed by atoms with Crippen LogP contribution in [0.3, 0.4) is 0 Å². The quantitative estimate of drug-likeness (QED) is 0.371. The molecular formula is C20H25N3O5S. The van der Waals surface area contributed by atoms with Crippen LogP contribution < -0.4 is 4.74 Å². The molecular weight excluding hydrogens is 394 g/mol. The largest absolute Gasteiger partial charge is 0.494 e. The van der Waals surface area contributed by atoms with Crippen molar-refractivity contribution in [2.45, 2.75) is 18.2 Å². The summed E-state index contributed by atoms with van der Waals surface area (Å²) >= 11 is 0. The Labute approximate surface area is 170 Å². The molecule has 156 valence electrons. The maximum atomic E-state index is 13.0. The monoisotopic (exact) mass is 419 g/mol. The third-order valence-electron chi connectivity index (χ3n) is 4.96.